The Kier molecular flexibility index (Phi) is 2.36. The number of rotatable bonds is 1. The van der Waals surface area contributed by atoms with Crippen LogP contribution in [0.5, 0.6) is 0 Å². The third kappa shape index (κ3) is 1.50. The summed E-state index contributed by atoms with van der Waals surface area (Å²) in [5.41, 5.74) is 1.15. The van der Waals surface area contributed by atoms with Gasteiger partial charge in [0.25, 0.3) is 0 Å². The van der Waals surface area contributed by atoms with Crippen molar-refractivity contribution in [1.82, 2.24) is 13.1 Å². The van der Waals surface area contributed by atoms with Crippen molar-refractivity contribution in [1.29, 1.82) is 0 Å². The summed E-state index contributed by atoms with van der Waals surface area (Å²) >= 11 is 2.38. The summed E-state index contributed by atoms with van der Waals surface area (Å²) in [7, 11) is 0. The molecule has 12 heavy (non-hydrogen) atoms. The number of nitrogens with zero attached hydrogens (tertiary/aromatic N) is 2. The quantitative estimate of drug-likeness (QED) is 0.630. The van der Waals surface area contributed by atoms with E-state index in [2.05, 4.69) is 35.9 Å². The standard InChI is InChI=1S/C8H12IN3/c1-6-5-10-8(11-6)7-3-2-4-12(7)9/h5,7H,2-4H2,1H3,(H,10,11)/t7-/m0/s1. The molecule has 0 bridgehead atoms. The lowest BCUT2D eigenvalue weighted by Crippen LogP contribution is -2.11. The van der Waals surface area contributed by atoms with Gasteiger partial charge in [0.2, 0.25) is 0 Å². The molecule has 1 aliphatic heterocycles. The van der Waals surface area contributed by atoms with Crippen LogP contribution in [0.2, 0.25) is 0 Å². The number of H-pyrrole nitrogens is 1. The third-order valence-electron chi connectivity index (χ3n) is 2.23. The van der Waals surface area contributed by atoms with Gasteiger partial charge in [0.1, 0.15) is 5.82 Å². The van der Waals surface area contributed by atoms with Gasteiger partial charge >= 0.3 is 0 Å². The Morgan fingerprint density at radius 2 is 2.58 bits per heavy atom. The lowest BCUT2D eigenvalue weighted by Gasteiger charge is -2.13. The summed E-state index contributed by atoms with van der Waals surface area (Å²) in [5.74, 6) is 1.12. The minimum atomic E-state index is 0.513. The molecule has 0 spiro atoms. The van der Waals surface area contributed by atoms with Crippen molar-refractivity contribution in [3.05, 3.63) is 17.7 Å². The van der Waals surface area contributed by atoms with Gasteiger partial charge in [-0.2, -0.15) is 0 Å². The van der Waals surface area contributed by atoms with E-state index in [-0.39, 0.29) is 0 Å². The highest BCUT2D eigenvalue weighted by Gasteiger charge is 2.25. The molecule has 1 fully saturated rings. The normalized spacial score (nSPS) is 25.0. The van der Waals surface area contributed by atoms with Gasteiger partial charge in [0, 0.05) is 41.3 Å². The third-order valence-corrected chi connectivity index (χ3v) is 3.38. The second-order valence-electron chi connectivity index (χ2n) is 3.23. The van der Waals surface area contributed by atoms with Gasteiger partial charge in [-0.25, -0.2) is 8.10 Å². The van der Waals surface area contributed by atoms with E-state index in [0.717, 1.165) is 11.5 Å². The molecule has 0 aromatic carbocycles. The average Bonchev–Trinajstić information content (AvgIpc) is 2.58. The van der Waals surface area contributed by atoms with Crippen LogP contribution in [0.1, 0.15) is 30.4 Å². The van der Waals surface area contributed by atoms with Crippen LogP contribution in [-0.4, -0.2) is 19.6 Å². The molecule has 0 saturated carbocycles. The second kappa shape index (κ2) is 3.33. The summed E-state index contributed by atoms with van der Waals surface area (Å²) in [5, 5.41) is 0. The zero-order valence-corrected chi connectivity index (χ0v) is 9.21. The molecule has 66 valence electrons. The highest BCUT2D eigenvalue weighted by atomic mass is 127. The van der Waals surface area contributed by atoms with E-state index in [9.17, 15) is 0 Å². The summed E-state index contributed by atoms with van der Waals surface area (Å²) in [6.07, 6.45) is 4.42. The molecule has 1 aromatic heterocycles. The molecule has 0 aliphatic carbocycles. The Morgan fingerprint density at radius 1 is 1.75 bits per heavy atom. The van der Waals surface area contributed by atoms with Gasteiger partial charge in [-0.05, 0) is 19.8 Å². The molecular weight excluding hydrogens is 265 g/mol. The lowest BCUT2D eigenvalue weighted by atomic mass is 10.2. The first-order valence-electron chi connectivity index (χ1n) is 4.21. The molecule has 1 N–H and O–H groups in total. The average molecular weight is 277 g/mol. The molecule has 1 saturated heterocycles. The number of hydrogen-bond donors (Lipinski definition) is 1. The molecule has 0 amide bonds. The number of imidazole rings is 1. The maximum Gasteiger partial charge on any atom is 0.124 e. The molecular formula is C8H12IN3. The molecule has 3 nitrogen and oxygen atoms in total. The summed E-state index contributed by atoms with van der Waals surface area (Å²) < 4.78 is 2.33. The topological polar surface area (TPSA) is 31.9 Å². The van der Waals surface area contributed by atoms with E-state index in [1.807, 2.05) is 13.1 Å². The Bertz CT molecular complexity index is 271. The Morgan fingerprint density at radius 3 is 3.08 bits per heavy atom. The zero-order chi connectivity index (χ0) is 8.55. The Balaban J connectivity index is 2.19. The molecule has 1 aromatic rings. The van der Waals surface area contributed by atoms with Gasteiger partial charge in [0.05, 0.1) is 6.04 Å². The number of hydrogen-bond acceptors (Lipinski definition) is 2. The highest BCUT2D eigenvalue weighted by molar-refractivity contribution is 14.1. The monoisotopic (exact) mass is 277 g/mol. The lowest BCUT2D eigenvalue weighted by molar-refractivity contribution is 0.469. The summed E-state index contributed by atoms with van der Waals surface area (Å²) in [4.78, 5) is 7.64. The van der Waals surface area contributed by atoms with Crippen molar-refractivity contribution >= 4 is 22.9 Å². The van der Waals surface area contributed by atoms with E-state index in [4.69, 9.17) is 0 Å². The van der Waals surface area contributed by atoms with Crippen molar-refractivity contribution in [3.63, 3.8) is 0 Å². The maximum atomic E-state index is 4.35. The van der Waals surface area contributed by atoms with Crippen molar-refractivity contribution in [2.45, 2.75) is 25.8 Å². The number of nitrogens with one attached hydrogen (secondary N) is 1. The molecule has 0 radical (unpaired) electrons. The zero-order valence-electron chi connectivity index (χ0n) is 7.05. The Labute approximate surface area is 86.1 Å². The molecule has 1 aliphatic rings. The fraction of sp³-hybridized carbons (Fsp3) is 0.625. The first kappa shape index (κ1) is 8.50. The first-order chi connectivity index (χ1) is 5.77. The largest absolute Gasteiger partial charge is 0.345 e. The minimum absolute atomic E-state index is 0.513. The van der Waals surface area contributed by atoms with Gasteiger partial charge < -0.3 is 4.98 Å². The summed E-state index contributed by atoms with van der Waals surface area (Å²) in [6, 6.07) is 0.513. The number of aromatic nitrogens is 2. The van der Waals surface area contributed by atoms with Gasteiger partial charge in [0.15, 0.2) is 0 Å². The SMILES string of the molecule is Cc1cnc([C@@H]2CCCN2I)[nH]1. The van der Waals surface area contributed by atoms with Crippen LogP contribution in [0.4, 0.5) is 0 Å². The number of aromatic amines is 1. The van der Waals surface area contributed by atoms with Crippen molar-refractivity contribution in [2.24, 2.45) is 0 Å². The minimum Gasteiger partial charge on any atom is -0.345 e. The molecule has 4 heteroatoms. The van der Waals surface area contributed by atoms with Crippen molar-refractivity contribution in [3.8, 4) is 0 Å². The second-order valence-corrected chi connectivity index (χ2v) is 4.47. The van der Waals surface area contributed by atoms with Crippen LogP contribution in [0.3, 0.4) is 0 Å². The summed E-state index contributed by atoms with van der Waals surface area (Å²) in [6.45, 7) is 3.23. The molecule has 0 unspecified atom stereocenters. The van der Waals surface area contributed by atoms with E-state index in [1.165, 1.54) is 19.4 Å². The number of aryl methyl sites for hydroxylation is 1. The predicted molar refractivity (Wildman–Crippen MR) is 56.0 cm³/mol. The smallest absolute Gasteiger partial charge is 0.124 e. The van der Waals surface area contributed by atoms with Gasteiger partial charge in [-0.1, -0.05) is 0 Å². The maximum absolute atomic E-state index is 4.35. The van der Waals surface area contributed by atoms with Gasteiger partial charge in [-0.15, -0.1) is 0 Å². The predicted octanol–water partition coefficient (Wildman–Crippen LogP) is 2.21. The van der Waals surface area contributed by atoms with Crippen LogP contribution < -0.4 is 0 Å². The van der Waals surface area contributed by atoms with Crippen molar-refractivity contribution < 1.29 is 0 Å². The van der Waals surface area contributed by atoms with Crippen LogP contribution in [0.25, 0.3) is 0 Å². The van der Waals surface area contributed by atoms with Crippen LogP contribution >= 0.6 is 22.9 Å². The molecule has 2 rings (SSSR count). The fourth-order valence-electron chi connectivity index (χ4n) is 1.60. The molecule has 2 heterocycles. The van der Waals surface area contributed by atoms with E-state index in [0.29, 0.717) is 6.04 Å². The first-order valence-corrected chi connectivity index (χ1v) is 5.18. The van der Waals surface area contributed by atoms with E-state index >= 15 is 0 Å². The van der Waals surface area contributed by atoms with E-state index < -0.39 is 0 Å². The van der Waals surface area contributed by atoms with Gasteiger partial charge in [-0.3, -0.25) is 0 Å². The van der Waals surface area contributed by atoms with E-state index in [1.54, 1.807) is 0 Å². The van der Waals surface area contributed by atoms with Crippen LogP contribution in [-0.2, 0) is 0 Å². The number of halogens is 1. The molecule has 1 atom stereocenters. The highest BCUT2D eigenvalue weighted by Crippen LogP contribution is 2.32. The van der Waals surface area contributed by atoms with Crippen LogP contribution in [0.15, 0.2) is 6.20 Å². The Hall–Kier alpha value is -0.100. The fourth-order valence-corrected chi connectivity index (χ4v) is 2.49. The van der Waals surface area contributed by atoms with Crippen LogP contribution in [0, 0.1) is 6.92 Å². The van der Waals surface area contributed by atoms with Crippen molar-refractivity contribution in [2.75, 3.05) is 6.54 Å².